The maximum atomic E-state index is 12.6. The van der Waals surface area contributed by atoms with E-state index in [1.165, 1.54) is 0 Å². The summed E-state index contributed by atoms with van der Waals surface area (Å²) >= 11 is 0. The first kappa shape index (κ1) is 15.5. The van der Waals surface area contributed by atoms with Gasteiger partial charge in [-0.15, -0.1) is 0 Å². The number of fused-ring (bicyclic) bond motifs is 1. The second-order valence-corrected chi connectivity index (χ2v) is 8.47. The highest BCUT2D eigenvalue weighted by molar-refractivity contribution is 7.91. The van der Waals surface area contributed by atoms with Crippen LogP contribution in [-0.4, -0.2) is 25.6 Å². The molecule has 22 heavy (non-hydrogen) atoms. The maximum Gasteiger partial charge on any atom is 0.240 e. The minimum absolute atomic E-state index is 0.0620. The number of hydrogen-bond donors (Lipinski definition) is 2. The standard InChI is InChI=1S/C16H22N2O3S/c17-16(9-4-1-5-10-16)15(19)18-13-8-11-22(20,21)14-7-3-2-6-12(13)14/h2-3,6-7,13H,1,4-5,8-11,17H2,(H,18,19). The number of nitrogens with one attached hydrogen (secondary N) is 1. The van der Waals surface area contributed by atoms with Crippen molar-refractivity contribution in [3.05, 3.63) is 29.8 Å². The lowest BCUT2D eigenvalue weighted by Gasteiger charge is -2.35. The van der Waals surface area contributed by atoms with E-state index in [-0.39, 0.29) is 17.7 Å². The number of amides is 1. The van der Waals surface area contributed by atoms with Crippen molar-refractivity contribution in [2.75, 3.05) is 5.75 Å². The molecule has 1 saturated carbocycles. The summed E-state index contributed by atoms with van der Waals surface area (Å²) in [4.78, 5) is 12.9. The Kier molecular flexibility index (Phi) is 3.99. The summed E-state index contributed by atoms with van der Waals surface area (Å²) < 4.78 is 24.3. The average molecular weight is 322 g/mol. The molecule has 0 radical (unpaired) electrons. The van der Waals surface area contributed by atoms with Crippen LogP contribution in [0.2, 0.25) is 0 Å². The van der Waals surface area contributed by atoms with E-state index in [0.29, 0.717) is 29.7 Å². The summed E-state index contributed by atoms with van der Waals surface area (Å²) in [6.07, 6.45) is 4.87. The number of sulfone groups is 1. The van der Waals surface area contributed by atoms with Gasteiger partial charge in [0.15, 0.2) is 9.84 Å². The minimum Gasteiger partial charge on any atom is -0.348 e. The van der Waals surface area contributed by atoms with Gasteiger partial charge in [-0.2, -0.15) is 0 Å². The highest BCUT2D eigenvalue weighted by Crippen LogP contribution is 2.33. The van der Waals surface area contributed by atoms with Gasteiger partial charge in [0, 0.05) is 0 Å². The van der Waals surface area contributed by atoms with E-state index in [1.54, 1.807) is 24.3 Å². The first-order chi connectivity index (χ1) is 10.4. The molecule has 3 rings (SSSR count). The van der Waals surface area contributed by atoms with Crippen molar-refractivity contribution in [3.63, 3.8) is 0 Å². The molecule has 0 aromatic heterocycles. The van der Waals surface area contributed by atoms with Crippen LogP contribution in [0.3, 0.4) is 0 Å². The molecular formula is C16H22N2O3S. The molecule has 2 aliphatic rings. The summed E-state index contributed by atoms with van der Waals surface area (Å²) in [5.74, 6) is -0.0849. The van der Waals surface area contributed by atoms with Crippen LogP contribution in [0.4, 0.5) is 0 Å². The van der Waals surface area contributed by atoms with E-state index in [0.717, 1.165) is 19.3 Å². The van der Waals surface area contributed by atoms with Crippen LogP contribution < -0.4 is 11.1 Å². The lowest BCUT2D eigenvalue weighted by molar-refractivity contribution is -0.128. The van der Waals surface area contributed by atoms with Crippen LogP contribution in [0.25, 0.3) is 0 Å². The molecule has 6 heteroatoms. The molecule has 0 spiro atoms. The van der Waals surface area contributed by atoms with Crippen molar-refractivity contribution in [1.29, 1.82) is 0 Å². The summed E-state index contributed by atoms with van der Waals surface area (Å²) in [6, 6.07) is 6.64. The van der Waals surface area contributed by atoms with Crippen molar-refractivity contribution < 1.29 is 13.2 Å². The first-order valence-corrected chi connectivity index (χ1v) is 9.49. The van der Waals surface area contributed by atoms with Crippen LogP contribution in [-0.2, 0) is 14.6 Å². The third-order valence-corrected chi connectivity index (χ3v) is 6.62. The van der Waals surface area contributed by atoms with Gasteiger partial charge in [0.1, 0.15) is 0 Å². The number of rotatable bonds is 2. The Bertz CT molecular complexity index is 678. The van der Waals surface area contributed by atoms with Gasteiger partial charge in [-0.3, -0.25) is 4.79 Å². The third-order valence-electron chi connectivity index (χ3n) is 4.81. The normalized spacial score (nSPS) is 26.0. The second kappa shape index (κ2) is 5.66. The van der Waals surface area contributed by atoms with Gasteiger partial charge in [-0.25, -0.2) is 8.42 Å². The smallest absolute Gasteiger partial charge is 0.240 e. The van der Waals surface area contributed by atoms with Crippen molar-refractivity contribution in [3.8, 4) is 0 Å². The topological polar surface area (TPSA) is 89.3 Å². The zero-order chi connectivity index (χ0) is 15.8. The van der Waals surface area contributed by atoms with Gasteiger partial charge in [0.2, 0.25) is 5.91 Å². The zero-order valence-corrected chi connectivity index (χ0v) is 13.4. The van der Waals surface area contributed by atoms with Gasteiger partial charge >= 0.3 is 0 Å². The predicted octanol–water partition coefficient (Wildman–Crippen LogP) is 1.68. The molecule has 5 nitrogen and oxygen atoms in total. The van der Waals surface area contributed by atoms with Gasteiger partial charge < -0.3 is 11.1 Å². The van der Waals surface area contributed by atoms with E-state index in [1.807, 2.05) is 0 Å². The van der Waals surface area contributed by atoms with Crippen molar-refractivity contribution in [2.24, 2.45) is 5.73 Å². The van der Waals surface area contributed by atoms with Crippen LogP contribution in [0, 0.1) is 0 Å². The molecule has 1 unspecified atom stereocenters. The van der Waals surface area contributed by atoms with E-state index in [9.17, 15) is 13.2 Å². The highest BCUT2D eigenvalue weighted by atomic mass is 32.2. The molecule has 0 bridgehead atoms. The molecule has 1 aliphatic carbocycles. The fourth-order valence-corrected chi connectivity index (χ4v) is 5.07. The monoisotopic (exact) mass is 322 g/mol. The van der Waals surface area contributed by atoms with Crippen LogP contribution in [0.1, 0.15) is 50.1 Å². The molecule has 1 aromatic rings. The Morgan fingerprint density at radius 1 is 1.18 bits per heavy atom. The molecule has 1 aromatic carbocycles. The summed E-state index contributed by atoms with van der Waals surface area (Å²) in [5, 5.41) is 2.99. The van der Waals surface area contributed by atoms with Crippen molar-refractivity contribution in [2.45, 2.75) is 55.0 Å². The highest BCUT2D eigenvalue weighted by Gasteiger charge is 2.38. The molecule has 120 valence electrons. The fourth-order valence-electron chi connectivity index (χ4n) is 3.45. The Balaban J connectivity index is 1.83. The van der Waals surface area contributed by atoms with Gasteiger partial charge in [-0.05, 0) is 30.9 Å². The number of hydrogen-bond acceptors (Lipinski definition) is 4. The first-order valence-electron chi connectivity index (χ1n) is 7.84. The van der Waals surface area contributed by atoms with Crippen LogP contribution >= 0.6 is 0 Å². The molecule has 1 heterocycles. The SMILES string of the molecule is NC1(C(=O)NC2CCS(=O)(=O)c3ccccc32)CCCCC1. The average Bonchev–Trinajstić information content (AvgIpc) is 2.51. The zero-order valence-electron chi connectivity index (χ0n) is 12.5. The second-order valence-electron chi connectivity index (χ2n) is 6.39. The van der Waals surface area contributed by atoms with E-state index < -0.39 is 15.4 Å². The van der Waals surface area contributed by atoms with E-state index >= 15 is 0 Å². The molecule has 3 N–H and O–H groups in total. The van der Waals surface area contributed by atoms with E-state index in [4.69, 9.17) is 5.73 Å². The van der Waals surface area contributed by atoms with Gasteiger partial charge in [-0.1, -0.05) is 37.5 Å². The maximum absolute atomic E-state index is 12.6. The molecule has 1 aliphatic heterocycles. The van der Waals surface area contributed by atoms with E-state index in [2.05, 4.69) is 5.32 Å². The molecular weight excluding hydrogens is 300 g/mol. The number of nitrogens with two attached hydrogens (primary N) is 1. The largest absolute Gasteiger partial charge is 0.348 e. The van der Waals surface area contributed by atoms with Crippen molar-refractivity contribution >= 4 is 15.7 Å². The molecule has 1 fully saturated rings. The Morgan fingerprint density at radius 3 is 2.59 bits per heavy atom. The Hall–Kier alpha value is -1.40. The third kappa shape index (κ3) is 2.77. The summed E-state index contributed by atoms with van der Waals surface area (Å²) in [5.41, 5.74) is 6.14. The molecule has 0 saturated heterocycles. The van der Waals surface area contributed by atoms with Gasteiger partial charge in [0.25, 0.3) is 0 Å². The summed E-state index contributed by atoms with van der Waals surface area (Å²) in [6.45, 7) is 0. The summed E-state index contributed by atoms with van der Waals surface area (Å²) in [7, 11) is -3.23. The van der Waals surface area contributed by atoms with Crippen LogP contribution in [0.15, 0.2) is 29.2 Å². The Morgan fingerprint density at radius 2 is 1.86 bits per heavy atom. The molecule has 1 atom stereocenters. The van der Waals surface area contributed by atoms with Crippen LogP contribution in [0.5, 0.6) is 0 Å². The number of carbonyl (C=O) groups is 1. The molecule has 1 amide bonds. The number of carbonyl (C=O) groups excluding carboxylic acids is 1. The lowest BCUT2D eigenvalue weighted by atomic mass is 9.81. The fraction of sp³-hybridized carbons (Fsp3) is 0.562. The van der Waals surface area contributed by atoms with Gasteiger partial charge in [0.05, 0.1) is 22.2 Å². The quantitative estimate of drug-likeness (QED) is 0.867. The predicted molar refractivity (Wildman–Crippen MR) is 84.0 cm³/mol. The minimum atomic E-state index is -3.23. The van der Waals surface area contributed by atoms with Crippen molar-refractivity contribution in [1.82, 2.24) is 5.32 Å². The Labute approximate surface area is 131 Å². The lowest BCUT2D eigenvalue weighted by Crippen LogP contribution is -2.56. The number of benzene rings is 1.